The fourth-order valence-electron chi connectivity index (χ4n) is 10.1. The summed E-state index contributed by atoms with van der Waals surface area (Å²) in [5, 5.41) is 16.4. The largest absolute Gasteiger partial charge is 0.324 e. The number of carbonyl (C=O) groups is 3. The fraction of sp³-hybridized carbons (Fsp3) is 0.105. The highest BCUT2D eigenvalue weighted by Crippen LogP contribution is 2.30. The van der Waals surface area contributed by atoms with Gasteiger partial charge in [0.25, 0.3) is 17.7 Å². The maximum absolute atomic E-state index is 13.5. The Labute approximate surface area is 666 Å². The zero-order chi connectivity index (χ0) is 100. The number of aromatic nitrogens is 13. The molecule has 0 aliphatic heterocycles. The summed E-state index contributed by atoms with van der Waals surface area (Å²) in [4.78, 5) is 80.9. The highest BCUT2D eigenvalue weighted by Gasteiger charge is 2.17. The lowest BCUT2D eigenvalue weighted by atomic mass is 10.1. The fourth-order valence-corrected chi connectivity index (χ4v) is 10.1. The lowest BCUT2D eigenvalue weighted by molar-refractivity contribution is 0.101. The molecule has 0 aliphatic carbocycles. The van der Waals surface area contributed by atoms with Crippen LogP contribution in [0, 0.1) is 62.2 Å². The van der Waals surface area contributed by atoms with Gasteiger partial charge in [-0.15, -0.1) is 0 Å². The van der Waals surface area contributed by atoms with Gasteiger partial charge in [0.05, 0.1) is 60.6 Å². The second-order valence-electron chi connectivity index (χ2n) is 23.6. The first-order valence-corrected chi connectivity index (χ1v) is 32.5. The smallest absolute Gasteiger partial charge is 0.255 e. The molecule has 0 atom stereocenters. The number of amides is 3. The first-order valence-electron chi connectivity index (χ1n) is 47.0. The van der Waals surface area contributed by atoms with Gasteiger partial charge in [-0.2, -0.15) is 0 Å². The minimum atomic E-state index is -2.63. The Morgan fingerprint density at radius 3 is 1.19 bits per heavy atom. The number of pyridine rings is 3. The summed E-state index contributed by atoms with van der Waals surface area (Å²) >= 11 is 0. The molecule has 9 heterocycles. The number of anilines is 9. The molecular weight excluding hydrogens is 1350 g/mol. The van der Waals surface area contributed by atoms with Crippen LogP contribution in [0.4, 0.5) is 52.0 Å². The molecule has 534 valence electrons. The van der Waals surface area contributed by atoms with E-state index in [9.17, 15) is 14.4 Å². The van der Waals surface area contributed by atoms with Gasteiger partial charge in [-0.3, -0.25) is 29.3 Å². The molecule has 3 amide bonds. The predicted molar refractivity (Wildman–Crippen MR) is 427 cm³/mol. The number of nitrogens with zero attached hydrogens (tertiary/aromatic N) is 13. The van der Waals surface area contributed by atoms with Crippen molar-refractivity contribution in [1.29, 1.82) is 0 Å². The Bertz CT molecular complexity index is 7160. The van der Waals surface area contributed by atoms with E-state index in [-0.39, 0.29) is 221 Å². The van der Waals surface area contributed by atoms with Crippen molar-refractivity contribution < 1.29 is 54.1 Å². The number of nitrogens with one attached hydrogen (secondary N) is 6. The second-order valence-corrected chi connectivity index (χ2v) is 23.6. The number of aryl methyl sites for hydroxylation is 6. The zero-order valence-corrected chi connectivity index (χ0v) is 58.2. The molecule has 15 rings (SSSR count). The van der Waals surface area contributed by atoms with Crippen molar-refractivity contribution in [3.63, 3.8) is 0 Å². The third-order valence-corrected chi connectivity index (χ3v) is 15.2. The van der Waals surface area contributed by atoms with Crippen LogP contribution in [0.5, 0.6) is 0 Å². The van der Waals surface area contributed by atoms with Gasteiger partial charge in [0.2, 0.25) is 17.8 Å². The van der Waals surface area contributed by atoms with Crippen molar-refractivity contribution in [1.82, 2.24) is 63.5 Å². The highest BCUT2D eigenvalue weighted by atomic mass is 16.2. The molecule has 0 saturated heterocycles. The molecule has 0 saturated carbocycles. The maximum Gasteiger partial charge on any atom is 0.255 e. The summed E-state index contributed by atoms with van der Waals surface area (Å²) in [5.74, 6) is -2.38. The SMILES string of the molecule is [2H]c1nc([2H])c(-c2ccnc(Nc3cc(C(=O)Nc4c([2H])c(C)c([2H])c(-n5c([2H])cc(C)c5[2H])c4[2H])ccc3C)n2)c([2H])c1[2H].[2H]c1nc([2H])c(-c2ccnc(Nc3cc(C(=O)Nc4c([2H])c(C)c([2H])c(-n5ccc(C)c5)c4[2H])ccc3C([2H])([2H])[2H])n2)c([2H])c1[2H].[2H]c1nc([2H])c(-c2ccnc(Nc3cc(C(=O)Nc4c([2H])c(C)c([2H])c(-n5cnc(C)c5)c4[2H])ccc3C([2H])([2H])[2H])n2)c([2H])c1[2H]. The molecule has 6 aromatic carbocycles. The second kappa shape index (κ2) is 32.9. The Morgan fingerprint density at radius 2 is 0.815 bits per heavy atom. The Morgan fingerprint density at radius 1 is 0.407 bits per heavy atom. The lowest BCUT2D eigenvalue weighted by Crippen LogP contribution is -2.13. The number of hydrogen-bond donors (Lipinski definition) is 6. The van der Waals surface area contributed by atoms with Crippen molar-refractivity contribution >= 4 is 69.7 Å². The lowest BCUT2D eigenvalue weighted by Gasteiger charge is -2.13. The Kier molecular flexibility index (Phi) is 13.5. The summed E-state index contributed by atoms with van der Waals surface area (Å²) in [6, 6.07) is 15.2. The van der Waals surface area contributed by atoms with E-state index in [1.165, 1.54) is 110 Å². The first-order chi connectivity index (χ1) is 64.4. The third-order valence-electron chi connectivity index (χ3n) is 15.2. The molecule has 0 aliphatic rings. The van der Waals surface area contributed by atoms with Crippen molar-refractivity contribution in [2.24, 2.45) is 0 Å². The average Bonchev–Trinajstić information content (AvgIpc) is 1.61. The molecule has 15 aromatic rings. The molecule has 6 N–H and O–H groups in total. The van der Waals surface area contributed by atoms with E-state index in [0.29, 0.717) is 22.5 Å². The van der Waals surface area contributed by atoms with E-state index in [1.807, 2.05) is 6.92 Å². The molecule has 0 bridgehead atoms. The van der Waals surface area contributed by atoms with E-state index < -0.39 is 92.5 Å². The topological polar surface area (TPSA) is 267 Å². The van der Waals surface area contributed by atoms with Gasteiger partial charge in [0.15, 0.2) is 0 Å². The van der Waals surface area contributed by atoms with Crippen LogP contribution in [0.25, 0.3) is 50.8 Å². The zero-order valence-electron chi connectivity index (χ0n) is 87.2. The monoisotopic (exact) mass is 1450 g/mol. The first kappa shape index (κ1) is 44.3. The molecular formula is C86H77N19O3. The average molecular weight is 1450 g/mol. The van der Waals surface area contributed by atoms with E-state index in [2.05, 4.69) is 81.7 Å². The van der Waals surface area contributed by atoms with Crippen LogP contribution in [0.2, 0.25) is 0 Å². The van der Waals surface area contributed by atoms with Crippen LogP contribution in [0.1, 0.15) is 121 Å². The van der Waals surface area contributed by atoms with Crippen LogP contribution in [-0.2, 0) is 0 Å². The van der Waals surface area contributed by atoms with Gasteiger partial charge in [-0.05, 0) is 264 Å². The van der Waals surface area contributed by atoms with E-state index in [4.69, 9.17) is 39.8 Å². The third kappa shape index (κ3) is 18.5. The summed E-state index contributed by atoms with van der Waals surface area (Å²) in [6.07, 6.45) is 7.47. The van der Waals surface area contributed by atoms with Crippen molar-refractivity contribution in [3.8, 4) is 50.8 Å². The van der Waals surface area contributed by atoms with Gasteiger partial charge in [-0.1, -0.05) is 18.2 Å². The van der Waals surface area contributed by atoms with Gasteiger partial charge < -0.3 is 45.6 Å². The normalized spacial score (nSPS) is 14.8. The standard InChI is InChI=1S/2C29H26N6O.C28H25N7O/c2*1-19-9-12-35(18-19)25-14-20(2)13-24(16-25)32-28(36)22-7-6-21(3)27(15-22)34-29-31-11-8-26(33-29)23-5-4-10-30-17-23;1-18-11-23(14-24(12-18)35-16-20(3)31-17-35)32-27(36)21-7-6-19(2)26(13-21)34-28-30-10-8-25(33-28)22-5-4-9-29-15-22/h2*4-18H,1-3H3,(H,32,36)(H,31,33,34);4-17H,1-3H3,(H,32,36)(H,30,33,34)/i4D,5D,10D,12D,13D,14D,16D,17D,18D;3D3,4D,5D,10D,13D,14D,16D,17D;2D3,4D,5D,9D,11D,12D,14D,15D. The molecule has 0 unspecified atom stereocenters. The predicted octanol–water partition coefficient (Wildman–Crippen LogP) is 18.1. The highest BCUT2D eigenvalue weighted by molar-refractivity contribution is 6.07. The van der Waals surface area contributed by atoms with Crippen LogP contribution in [0.15, 0.2) is 268 Å². The van der Waals surface area contributed by atoms with Crippen LogP contribution >= 0.6 is 0 Å². The number of benzene rings is 6. The molecule has 9 aromatic heterocycles. The van der Waals surface area contributed by atoms with Gasteiger partial charge in [0.1, 0.15) is 0 Å². The van der Waals surface area contributed by atoms with Crippen LogP contribution in [-0.4, -0.2) is 81.3 Å². The van der Waals surface area contributed by atoms with Gasteiger partial charge in [-0.25, -0.2) is 34.9 Å². The van der Waals surface area contributed by atoms with E-state index in [0.717, 1.165) is 10.1 Å². The summed E-state index contributed by atoms with van der Waals surface area (Å²) in [6.45, 7) is 6.35. The molecule has 22 heteroatoms. The van der Waals surface area contributed by atoms with Crippen LogP contribution < -0.4 is 31.9 Å². The molecule has 0 spiro atoms. The van der Waals surface area contributed by atoms with E-state index >= 15 is 0 Å². The molecule has 22 nitrogen and oxygen atoms in total. The number of hydrogen-bond acceptors (Lipinski definition) is 16. The Balaban J connectivity index is 0.000000174. The van der Waals surface area contributed by atoms with Crippen LogP contribution in [0.3, 0.4) is 0 Å². The van der Waals surface area contributed by atoms with Crippen molar-refractivity contribution in [2.45, 2.75) is 62.2 Å². The minimum Gasteiger partial charge on any atom is -0.324 e. The summed E-state index contributed by atoms with van der Waals surface area (Å²) in [5.41, 5.74) is 3.19. The number of rotatable bonds is 18. The maximum atomic E-state index is 13.5. The van der Waals surface area contributed by atoms with Crippen molar-refractivity contribution in [3.05, 3.63) is 335 Å². The van der Waals surface area contributed by atoms with Gasteiger partial charge in [0, 0.05) is 179 Å². The Hall–Kier alpha value is -14.4. The summed E-state index contributed by atoms with van der Waals surface area (Å²) in [7, 11) is 0. The molecule has 0 fully saturated rings. The minimum absolute atomic E-state index is 0.0209. The van der Waals surface area contributed by atoms with Crippen molar-refractivity contribution in [2.75, 3.05) is 31.9 Å². The van der Waals surface area contributed by atoms with E-state index in [1.54, 1.807) is 69.1 Å². The van der Waals surface area contributed by atoms with Gasteiger partial charge >= 0.3 is 0 Å². The summed E-state index contributed by atoms with van der Waals surface area (Å²) < 4.78 is 242. The quantitative estimate of drug-likeness (QED) is 0.0466. The molecule has 0 radical (unpaired) electrons. The molecule has 108 heavy (non-hydrogen) atoms. The number of carbonyl (C=O) groups excluding carboxylic acids is 3. The number of imidazole rings is 1.